The van der Waals surface area contributed by atoms with E-state index in [0.29, 0.717) is 6.42 Å². The fourth-order valence-corrected chi connectivity index (χ4v) is 4.57. The normalized spacial score (nSPS) is 25.1. The largest absolute Gasteiger partial charge is 0.393 e. The molecule has 1 N–H and O–H groups in total. The van der Waals surface area contributed by atoms with Gasteiger partial charge < -0.3 is 14.7 Å². The second-order valence-electron chi connectivity index (χ2n) is 7.70. The number of piperidine rings is 1. The average Bonchev–Trinajstić information content (AvgIpc) is 3.18. The zero-order valence-electron chi connectivity index (χ0n) is 15.2. The van der Waals surface area contributed by atoms with Gasteiger partial charge in [0.05, 0.1) is 30.2 Å². The van der Waals surface area contributed by atoms with Crippen LogP contribution in [-0.2, 0) is 4.74 Å². The van der Waals surface area contributed by atoms with Crippen molar-refractivity contribution in [2.45, 2.75) is 43.5 Å². The van der Waals surface area contributed by atoms with Gasteiger partial charge in [-0.1, -0.05) is 30.3 Å². The molecule has 2 aliphatic heterocycles. The summed E-state index contributed by atoms with van der Waals surface area (Å²) in [6.45, 7) is 1.76. The highest BCUT2D eigenvalue weighted by atomic mass is 16.5. The first-order chi connectivity index (χ1) is 13.2. The Morgan fingerprint density at radius 1 is 1.11 bits per heavy atom. The molecular weight excluding hydrogens is 340 g/mol. The van der Waals surface area contributed by atoms with Gasteiger partial charge in [-0.05, 0) is 18.4 Å². The summed E-state index contributed by atoms with van der Waals surface area (Å²) in [5.74, 6) is 1.07. The number of ether oxygens (including phenoxy) is 1. The maximum Gasteiger partial charge on any atom is 0.156 e. The second kappa shape index (κ2) is 6.62. The number of hydrogen-bond acceptors (Lipinski definition) is 5. The Morgan fingerprint density at radius 2 is 1.93 bits per heavy atom. The topological polar surface area (TPSA) is 62.9 Å². The molecule has 1 spiro atoms. The molecule has 0 radical (unpaired) electrons. The number of aliphatic hydroxyl groups excluding tert-OH is 1. The van der Waals surface area contributed by atoms with Crippen LogP contribution in [0.5, 0.6) is 0 Å². The Balaban J connectivity index is 1.35. The van der Waals surface area contributed by atoms with Gasteiger partial charge in [0, 0.05) is 38.3 Å². The minimum atomic E-state index is -0.311. The predicted octanol–water partition coefficient (Wildman–Crippen LogP) is 2.98. The van der Waals surface area contributed by atoms with Crippen LogP contribution in [-0.4, -0.2) is 44.3 Å². The van der Waals surface area contributed by atoms with Crippen LogP contribution >= 0.6 is 0 Å². The van der Waals surface area contributed by atoms with E-state index in [1.54, 1.807) is 12.4 Å². The van der Waals surface area contributed by atoms with Crippen LogP contribution in [0, 0.1) is 0 Å². The third-order valence-corrected chi connectivity index (χ3v) is 5.95. The van der Waals surface area contributed by atoms with E-state index in [0.717, 1.165) is 49.4 Å². The molecule has 2 fully saturated rings. The summed E-state index contributed by atoms with van der Waals surface area (Å²) in [5.41, 5.74) is 1.77. The fourth-order valence-electron chi connectivity index (χ4n) is 4.57. The van der Waals surface area contributed by atoms with E-state index >= 15 is 0 Å². The summed E-state index contributed by atoms with van der Waals surface area (Å²) in [4.78, 5) is 11.0. The molecule has 0 unspecified atom stereocenters. The molecule has 6 heteroatoms. The third kappa shape index (κ3) is 3.09. The number of benzene rings is 1. The summed E-state index contributed by atoms with van der Waals surface area (Å²) in [6, 6.07) is 10.3. The van der Waals surface area contributed by atoms with Crippen molar-refractivity contribution in [1.29, 1.82) is 0 Å². The lowest BCUT2D eigenvalue weighted by Crippen LogP contribution is -2.51. The van der Waals surface area contributed by atoms with Crippen molar-refractivity contribution in [3.63, 3.8) is 0 Å². The molecule has 6 nitrogen and oxygen atoms in total. The Labute approximate surface area is 158 Å². The first-order valence-electron chi connectivity index (χ1n) is 9.65. The molecule has 2 atom stereocenters. The Hall–Kier alpha value is -2.44. The molecule has 0 bridgehead atoms. The maximum absolute atomic E-state index is 10.5. The molecule has 27 heavy (non-hydrogen) atoms. The number of rotatable bonds is 2. The quantitative estimate of drug-likeness (QED) is 0.757. The lowest BCUT2D eigenvalue weighted by molar-refractivity contribution is -0.173. The van der Waals surface area contributed by atoms with E-state index < -0.39 is 0 Å². The van der Waals surface area contributed by atoms with Crippen LogP contribution in [0.2, 0.25) is 0 Å². The first-order valence-corrected chi connectivity index (χ1v) is 9.65. The molecule has 0 saturated carbocycles. The monoisotopic (exact) mass is 364 g/mol. The van der Waals surface area contributed by atoms with Crippen molar-refractivity contribution in [2.75, 3.05) is 18.0 Å². The molecule has 140 valence electrons. The zero-order chi connectivity index (χ0) is 18.3. The highest BCUT2D eigenvalue weighted by molar-refractivity contribution is 5.48. The first kappa shape index (κ1) is 16.7. The summed E-state index contributed by atoms with van der Waals surface area (Å²) < 4.78 is 8.68. The molecule has 0 amide bonds. The second-order valence-corrected chi connectivity index (χ2v) is 7.70. The molecule has 5 rings (SSSR count). The van der Waals surface area contributed by atoms with Gasteiger partial charge >= 0.3 is 0 Å². The lowest BCUT2D eigenvalue weighted by Gasteiger charge is -2.48. The molecule has 0 aliphatic carbocycles. The van der Waals surface area contributed by atoms with Gasteiger partial charge in [-0.15, -0.1) is 0 Å². The minimum absolute atomic E-state index is 0.0275. The number of hydrogen-bond donors (Lipinski definition) is 1. The van der Waals surface area contributed by atoms with E-state index in [2.05, 4.69) is 31.4 Å². The van der Waals surface area contributed by atoms with Gasteiger partial charge in [0.25, 0.3) is 0 Å². The van der Waals surface area contributed by atoms with Crippen molar-refractivity contribution in [2.24, 2.45) is 0 Å². The minimum Gasteiger partial charge on any atom is -0.393 e. The number of nitrogens with zero attached hydrogens (tertiary/aromatic N) is 4. The highest BCUT2D eigenvalue weighted by Gasteiger charge is 2.43. The standard InChI is InChI=1S/C21H24N4O2/c26-17-12-18(16-4-2-1-3-5-16)27-21(13-17)6-9-24(10-7-21)20-15-22-14-19-23-8-11-25(19)20/h1-5,8,11,14-15,17-18,26H,6-7,9-10,12-13H2/t17-,18-/m1/s1. The summed E-state index contributed by atoms with van der Waals surface area (Å²) in [6.07, 6.45) is 10.3. The van der Waals surface area contributed by atoms with Crippen molar-refractivity contribution < 1.29 is 9.84 Å². The smallest absolute Gasteiger partial charge is 0.156 e. The van der Waals surface area contributed by atoms with Crippen molar-refractivity contribution in [1.82, 2.24) is 14.4 Å². The average molecular weight is 364 g/mol. The predicted molar refractivity (Wildman–Crippen MR) is 103 cm³/mol. The van der Waals surface area contributed by atoms with E-state index in [9.17, 15) is 5.11 Å². The van der Waals surface area contributed by atoms with Crippen LogP contribution in [0.15, 0.2) is 55.1 Å². The van der Waals surface area contributed by atoms with Gasteiger partial charge in [-0.2, -0.15) is 0 Å². The van der Waals surface area contributed by atoms with Crippen LogP contribution < -0.4 is 4.90 Å². The van der Waals surface area contributed by atoms with Gasteiger partial charge in [0.15, 0.2) is 5.65 Å². The molecule has 2 saturated heterocycles. The maximum atomic E-state index is 10.5. The van der Waals surface area contributed by atoms with Gasteiger partial charge in [-0.3, -0.25) is 9.38 Å². The number of imidazole rings is 1. The van der Waals surface area contributed by atoms with E-state index in [-0.39, 0.29) is 17.8 Å². The van der Waals surface area contributed by atoms with E-state index in [1.807, 2.05) is 30.6 Å². The number of aliphatic hydroxyl groups is 1. The van der Waals surface area contributed by atoms with Crippen LogP contribution in [0.1, 0.15) is 37.4 Å². The van der Waals surface area contributed by atoms with E-state index in [4.69, 9.17) is 4.74 Å². The van der Waals surface area contributed by atoms with E-state index in [1.165, 1.54) is 0 Å². The van der Waals surface area contributed by atoms with Crippen LogP contribution in [0.25, 0.3) is 5.65 Å². The lowest BCUT2D eigenvalue weighted by atomic mass is 9.81. The summed E-state index contributed by atoms with van der Waals surface area (Å²) >= 11 is 0. The van der Waals surface area contributed by atoms with Gasteiger partial charge in [0.1, 0.15) is 5.82 Å². The molecule has 4 heterocycles. The molecule has 2 aromatic heterocycles. The number of aromatic nitrogens is 3. The van der Waals surface area contributed by atoms with Crippen LogP contribution in [0.3, 0.4) is 0 Å². The molecular formula is C21H24N4O2. The highest BCUT2D eigenvalue weighted by Crippen LogP contribution is 2.43. The Bertz CT molecular complexity index is 918. The zero-order valence-corrected chi connectivity index (χ0v) is 15.2. The van der Waals surface area contributed by atoms with Gasteiger partial charge in [-0.25, -0.2) is 4.98 Å². The summed E-state index contributed by atoms with van der Waals surface area (Å²) in [5, 5.41) is 10.5. The Kier molecular flexibility index (Phi) is 4.10. The van der Waals surface area contributed by atoms with Gasteiger partial charge in [0.2, 0.25) is 0 Å². The fraction of sp³-hybridized carbons (Fsp3) is 0.429. The number of fused-ring (bicyclic) bond motifs is 1. The molecule has 3 aromatic rings. The van der Waals surface area contributed by atoms with Crippen LogP contribution in [0.4, 0.5) is 5.82 Å². The summed E-state index contributed by atoms with van der Waals surface area (Å²) in [7, 11) is 0. The van der Waals surface area contributed by atoms with Crippen molar-refractivity contribution in [3.8, 4) is 0 Å². The van der Waals surface area contributed by atoms with Crippen molar-refractivity contribution >= 4 is 11.5 Å². The molecule has 1 aromatic carbocycles. The Morgan fingerprint density at radius 3 is 2.74 bits per heavy atom. The SMILES string of the molecule is O[C@@H]1C[C@H](c2ccccc2)OC2(CCN(c3cncc4nccn34)CC2)C1. The third-order valence-electron chi connectivity index (χ3n) is 5.95. The number of anilines is 1. The van der Waals surface area contributed by atoms with Crippen molar-refractivity contribution in [3.05, 3.63) is 60.7 Å². The molecule has 2 aliphatic rings.